The van der Waals surface area contributed by atoms with Crippen molar-refractivity contribution < 1.29 is 45.1 Å². The lowest BCUT2D eigenvalue weighted by molar-refractivity contribution is -0.142. The van der Waals surface area contributed by atoms with Crippen molar-refractivity contribution in [3.63, 3.8) is 0 Å². The number of esters is 1. The van der Waals surface area contributed by atoms with E-state index < -0.39 is 54.6 Å². The molecule has 2 rings (SSSR count). The maximum Gasteiger partial charge on any atom is 0.513 e. The molecule has 2 aromatic carbocycles. The molecule has 0 aromatic heterocycles. The van der Waals surface area contributed by atoms with E-state index in [4.69, 9.17) is 4.52 Å². The fourth-order valence-electron chi connectivity index (χ4n) is 1.94. The molecule has 12 heteroatoms. The fourth-order valence-corrected chi connectivity index (χ4v) is 3.47. The lowest BCUT2D eigenvalue weighted by Gasteiger charge is -2.23. The van der Waals surface area contributed by atoms with E-state index in [2.05, 4.69) is 9.26 Å². The predicted molar refractivity (Wildman–Crippen MR) is 86.2 cm³/mol. The second-order valence-electron chi connectivity index (χ2n) is 5.27. The molecule has 0 spiro atoms. The van der Waals surface area contributed by atoms with Crippen LogP contribution in [-0.2, 0) is 14.1 Å². The van der Waals surface area contributed by atoms with Gasteiger partial charge in [0.15, 0.2) is 0 Å². The van der Waals surface area contributed by atoms with Gasteiger partial charge in [0.25, 0.3) is 0 Å². The minimum Gasteiger partial charge on any atom is -0.468 e. The number of methoxy groups -OCH3 is 1. The summed E-state index contributed by atoms with van der Waals surface area (Å²) in [5.74, 6) is -14.7. The summed E-state index contributed by atoms with van der Waals surface area (Å²) in [5.41, 5.74) is 0. The van der Waals surface area contributed by atoms with Crippen LogP contribution in [0.3, 0.4) is 0 Å². The Morgan fingerprint density at radius 3 is 1.93 bits per heavy atom. The maximum atomic E-state index is 13.9. The average Bonchev–Trinajstić information content (AvgIpc) is 2.68. The van der Waals surface area contributed by atoms with Crippen molar-refractivity contribution in [3.05, 3.63) is 59.4 Å². The molecule has 0 aliphatic carbocycles. The number of hydrogen-bond acceptors (Lipinski definition) is 5. The standard InChI is InChI=1S/C16H13F5NO5P/c1-8(16(23)25-2)22-28(24,26-9-6-4-3-5-7-9)27-15-13(20)11(18)10(17)12(19)14(15)21/h3-8H,1-2H3,(H,22,24)/t8-,28?/m0/s1. The van der Waals surface area contributed by atoms with Gasteiger partial charge in [-0.3, -0.25) is 4.79 Å². The Hall–Kier alpha value is -2.65. The van der Waals surface area contributed by atoms with Crippen molar-refractivity contribution in [2.45, 2.75) is 13.0 Å². The summed E-state index contributed by atoms with van der Waals surface area (Å²) in [6.07, 6.45) is 0. The first-order chi connectivity index (χ1) is 13.1. The number of para-hydroxylation sites is 1. The molecule has 0 radical (unpaired) electrons. The molecule has 0 saturated carbocycles. The number of benzene rings is 2. The first kappa shape index (κ1) is 21.6. The van der Waals surface area contributed by atoms with Crippen molar-refractivity contribution in [1.29, 1.82) is 0 Å². The van der Waals surface area contributed by atoms with Gasteiger partial charge < -0.3 is 13.8 Å². The van der Waals surface area contributed by atoms with Crippen LogP contribution in [0.1, 0.15) is 6.92 Å². The van der Waals surface area contributed by atoms with Crippen molar-refractivity contribution in [2.75, 3.05) is 7.11 Å². The summed E-state index contributed by atoms with van der Waals surface area (Å²) in [6, 6.07) is 5.62. The summed E-state index contributed by atoms with van der Waals surface area (Å²) < 4.78 is 94.7. The third kappa shape index (κ3) is 4.60. The van der Waals surface area contributed by atoms with E-state index in [0.717, 1.165) is 14.0 Å². The lowest BCUT2D eigenvalue weighted by Crippen LogP contribution is -2.35. The molecule has 1 N–H and O–H groups in total. The van der Waals surface area contributed by atoms with E-state index in [1.54, 1.807) is 6.07 Å². The highest BCUT2D eigenvalue weighted by molar-refractivity contribution is 7.52. The van der Waals surface area contributed by atoms with Gasteiger partial charge in [0, 0.05) is 0 Å². The van der Waals surface area contributed by atoms with Gasteiger partial charge in [0.1, 0.15) is 11.8 Å². The molecule has 28 heavy (non-hydrogen) atoms. The zero-order chi connectivity index (χ0) is 21.1. The van der Waals surface area contributed by atoms with Crippen molar-refractivity contribution in [2.24, 2.45) is 0 Å². The summed E-state index contributed by atoms with van der Waals surface area (Å²) in [5, 5.41) is 2.01. The zero-order valence-corrected chi connectivity index (χ0v) is 15.2. The number of carbonyl (C=O) groups is 1. The molecule has 2 aromatic rings. The van der Waals surface area contributed by atoms with Gasteiger partial charge in [0.2, 0.25) is 34.8 Å². The highest BCUT2D eigenvalue weighted by Gasteiger charge is 2.38. The van der Waals surface area contributed by atoms with Crippen LogP contribution in [0, 0.1) is 29.1 Å². The van der Waals surface area contributed by atoms with Crippen LogP contribution >= 0.6 is 7.75 Å². The van der Waals surface area contributed by atoms with Crippen LogP contribution in [-0.4, -0.2) is 19.1 Å². The first-order valence-corrected chi connectivity index (χ1v) is 9.05. The number of nitrogens with one attached hydrogen (secondary N) is 1. The Labute approximate surface area is 155 Å². The van der Waals surface area contributed by atoms with E-state index in [9.17, 15) is 31.3 Å². The van der Waals surface area contributed by atoms with E-state index in [1.165, 1.54) is 24.3 Å². The Bertz CT molecular complexity index is 898. The van der Waals surface area contributed by atoms with Gasteiger partial charge in [-0.25, -0.2) is 17.7 Å². The molecular formula is C16H13F5NO5P. The average molecular weight is 425 g/mol. The molecule has 0 fully saturated rings. The number of carbonyl (C=O) groups excluding carboxylic acids is 1. The van der Waals surface area contributed by atoms with Crippen molar-refractivity contribution >= 4 is 13.7 Å². The SMILES string of the molecule is COC(=O)[C@H](C)NP(=O)(Oc1ccccc1)Oc1c(F)c(F)c(F)c(F)c1F. The van der Waals surface area contributed by atoms with Crippen molar-refractivity contribution in [1.82, 2.24) is 5.09 Å². The van der Waals surface area contributed by atoms with E-state index >= 15 is 0 Å². The second kappa shape index (κ2) is 8.57. The monoisotopic (exact) mass is 425 g/mol. The van der Waals surface area contributed by atoms with Gasteiger partial charge in [-0.05, 0) is 19.1 Å². The quantitative estimate of drug-likeness (QED) is 0.237. The molecular weight excluding hydrogens is 412 g/mol. The van der Waals surface area contributed by atoms with Crippen LogP contribution in [0.15, 0.2) is 30.3 Å². The fraction of sp³-hybridized carbons (Fsp3) is 0.188. The summed E-state index contributed by atoms with van der Waals surface area (Å²) in [7, 11) is -3.87. The summed E-state index contributed by atoms with van der Waals surface area (Å²) in [6.45, 7) is 1.15. The number of hydrogen-bond donors (Lipinski definition) is 1. The molecule has 0 amide bonds. The van der Waals surface area contributed by atoms with Crippen LogP contribution < -0.4 is 14.1 Å². The Balaban J connectivity index is 2.48. The number of halogens is 5. The molecule has 152 valence electrons. The Morgan fingerprint density at radius 1 is 0.929 bits per heavy atom. The molecule has 1 unspecified atom stereocenters. The van der Waals surface area contributed by atoms with E-state index in [-0.39, 0.29) is 5.75 Å². The zero-order valence-electron chi connectivity index (χ0n) is 14.3. The largest absolute Gasteiger partial charge is 0.513 e. The lowest BCUT2D eigenvalue weighted by atomic mass is 10.3. The van der Waals surface area contributed by atoms with Gasteiger partial charge >= 0.3 is 13.7 Å². The Kier molecular flexibility index (Phi) is 6.63. The topological polar surface area (TPSA) is 73.9 Å². The predicted octanol–water partition coefficient (Wildman–Crippen LogP) is 4.10. The van der Waals surface area contributed by atoms with Gasteiger partial charge in [-0.1, -0.05) is 18.2 Å². The summed E-state index contributed by atoms with van der Waals surface area (Å²) in [4.78, 5) is 11.5. The number of rotatable bonds is 7. The van der Waals surface area contributed by atoms with Crippen molar-refractivity contribution in [3.8, 4) is 11.5 Å². The highest BCUT2D eigenvalue weighted by atomic mass is 31.2. The number of ether oxygens (including phenoxy) is 1. The smallest absolute Gasteiger partial charge is 0.468 e. The van der Waals surface area contributed by atoms with Crippen LogP contribution in [0.2, 0.25) is 0 Å². The summed E-state index contributed by atoms with van der Waals surface area (Å²) >= 11 is 0. The van der Waals surface area contributed by atoms with Crippen LogP contribution in [0.25, 0.3) is 0 Å². The van der Waals surface area contributed by atoms with Gasteiger partial charge in [-0.15, -0.1) is 0 Å². The van der Waals surface area contributed by atoms with Crippen LogP contribution in [0.5, 0.6) is 11.5 Å². The minimum atomic E-state index is -4.88. The molecule has 2 atom stereocenters. The molecule has 0 aliphatic rings. The third-order valence-corrected chi connectivity index (χ3v) is 4.83. The third-order valence-electron chi connectivity index (χ3n) is 3.26. The normalized spacial score (nSPS) is 14.1. The van der Waals surface area contributed by atoms with E-state index in [0.29, 0.717) is 0 Å². The molecule has 0 bridgehead atoms. The Morgan fingerprint density at radius 2 is 1.43 bits per heavy atom. The van der Waals surface area contributed by atoms with E-state index in [1.807, 2.05) is 5.09 Å². The first-order valence-electron chi connectivity index (χ1n) is 7.51. The molecule has 0 saturated heterocycles. The minimum absolute atomic E-state index is 0.140. The van der Waals surface area contributed by atoms with Gasteiger partial charge in [-0.2, -0.15) is 13.9 Å². The second-order valence-corrected chi connectivity index (χ2v) is 6.88. The maximum absolute atomic E-state index is 13.9. The highest BCUT2D eigenvalue weighted by Crippen LogP contribution is 2.47. The molecule has 0 heterocycles. The van der Waals surface area contributed by atoms with Gasteiger partial charge in [0.05, 0.1) is 7.11 Å². The molecule has 6 nitrogen and oxygen atoms in total. The molecule has 0 aliphatic heterocycles. The van der Waals surface area contributed by atoms with Crippen LogP contribution in [0.4, 0.5) is 22.0 Å².